The molecule has 6 nitrogen and oxygen atoms in total. The Hall–Kier alpha value is -1.82. The molecule has 0 amide bonds. The van der Waals surface area contributed by atoms with Gasteiger partial charge in [-0.25, -0.2) is 4.98 Å². The molecule has 1 aliphatic carbocycles. The maximum atomic E-state index is 10.9. The summed E-state index contributed by atoms with van der Waals surface area (Å²) in [4.78, 5) is 17.9. The number of anilines is 2. The Morgan fingerprint density at radius 2 is 2.12 bits per heavy atom. The van der Waals surface area contributed by atoms with Gasteiger partial charge in [-0.1, -0.05) is 6.92 Å². The van der Waals surface area contributed by atoms with Gasteiger partial charge >= 0.3 is 5.97 Å². The number of carbonyl (C=O) groups is 1. The highest BCUT2D eigenvalue weighted by Gasteiger charge is 2.31. The van der Waals surface area contributed by atoms with E-state index in [-0.39, 0.29) is 12.3 Å². The fourth-order valence-electron chi connectivity index (χ4n) is 3.36. The molecule has 0 bridgehead atoms. The molecule has 2 aliphatic rings. The van der Waals surface area contributed by atoms with Gasteiger partial charge < -0.3 is 20.5 Å². The van der Waals surface area contributed by atoms with E-state index >= 15 is 0 Å². The van der Waals surface area contributed by atoms with Crippen LogP contribution in [0.4, 0.5) is 11.5 Å². The number of aromatic nitrogens is 1. The monoisotopic (exact) mass is 333 g/mol. The van der Waals surface area contributed by atoms with E-state index in [9.17, 15) is 4.79 Å². The van der Waals surface area contributed by atoms with Crippen molar-refractivity contribution in [3.8, 4) is 0 Å². The van der Waals surface area contributed by atoms with Crippen LogP contribution >= 0.6 is 0 Å². The minimum Gasteiger partial charge on any atom is -0.481 e. The maximum Gasteiger partial charge on any atom is 0.303 e. The van der Waals surface area contributed by atoms with Gasteiger partial charge in [0.2, 0.25) is 0 Å². The van der Waals surface area contributed by atoms with Crippen molar-refractivity contribution in [3.05, 3.63) is 17.8 Å². The number of carboxylic acids is 1. The molecular weight excluding hydrogens is 306 g/mol. The second-order valence-electron chi connectivity index (χ2n) is 7.12. The molecule has 6 heteroatoms. The fraction of sp³-hybridized carbons (Fsp3) is 0.667. The zero-order chi connectivity index (χ0) is 17.1. The molecule has 2 heterocycles. The molecule has 0 spiro atoms. The summed E-state index contributed by atoms with van der Waals surface area (Å²) in [6, 6.07) is 2.33. The second kappa shape index (κ2) is 7.38. The van der Waals surface area contributed by atoms with Gasteiger partial charge in [-0.3, -0.25) is 4.79 Å². The van der Waals surface area contributed by atoms with Crippen LogP contribution in [0.2, 0.25) is 0 Å². The summed E-state index contributed by atoms with van der Waals surface area (Å²) in [5.41, 5.74) is 7.85. The summed E-state index contributed by atoms with van der Waals surface area (Å²) < 4.78 is 5.49. The van der Waals surface area contributed by atoms with Crippen molar-refractivity contribution in [2.45, 2.75) is 51.0 Å². The molecule has 0 radical (unpaired) electrons. The first-order chi connectivity index (χ1) is 11.5. The Morgan fingerprint density at radius 3 is 2.71 bits per heavy atom. The predicted molar refractivity (Wildman–Crippen MR) is 93.2 cm³/mol. The highest BCUT2D eigenvalue weighted by Crippen LogP contribution is 2.35. The lowest BCUT2D eigenvalue weighted by Crippen LogP contribution is -2.41. The number of hydrogen-bond donors (Lipinski definition) is 2. The van der Waals surface area contributed by atoms with Crippen LogP contribution in [0.3, 0.4) is 0 Å². The molecule has 2 fully saturated rings. The number of carboxylic acid groups (broad SMARTS) is 1. The number of ether oxygens (including phenoxy) is 1. The first-order valence-electron chi connectivity index (χ1n) is 8.86. The van der Waals surface area contributed by atoms with Gasteiger partial charge in [-0.05, 0) is 49.1 Å². The molecule has 1 saturated carbocycles. The topological polar surface area (TPSA) is 88.7 Å². The van der Waals surface area contributed by atoms with E-state index in [1.165, 1.54) is 12.8 Å². The van der Waals surface area contributed by atoms with Gasteiger partial charge in [0.15, 0.2) is 5.82 Å². The third-order valence-corrected chi connectivity index (χ3v) is 5.02. The second-order valence-corrected chi connectivity index (χ2v) is 7.12. The van der Waals surface area contributed by atoms with Crippen molar-refractivity contribution in [1.29, 1.82) is 0 Å². The van der Waals surface area contributed by atoms with Crippen molar-refractivity contribution in [1.82, 2.24) is 4.98 Å². The molecule has 1 saturated heterocycles. The van der Waals surface area contributed by atoms with Crippen LogP contribution in [0.15, 0.2) is 12.3 Å². The normalized spacial score (nSPS) is 19.9. The van der Waals surface area contributed by atoms with Crippen molar-refractivity contribution < 1.29 is 14.6 Å². The molecule has 1 unspecified atom stereocenters. The molecule has 1 atom stereocenters. The molecule has 3 N–H and O–H groups in total. The van der Waals surface area contributed by atoms with E-state index in [1.54, 1.807) is 6.20 Å². The van der Waals surface area contributed by atoms with Crippen LogP contribution in [-0.2, 0) is 9.53 Å². The number of nitrogen functional groups attached to an aromatic ring is 1. The molecule has 132 valence electrons. The molecule has 1 aliphatic heterocycles. The van der Waals surface area contributed by atoms with E-state index < -0.39 is 5.97 Å². The van der Waals surface area contributed by atoms with Crippen LogP contribution in [0.5, 0.6) is 0 Å². The van der Waals surface area contributed by atoms with Gasteiger partial charge in [0.25, 0.3) is 0 Å². The summed E-state index contributed by atoms with van der Waals surface area (Å²) >= 11 is 0. The lowest BCUT2D eigenvalue weighted by Gasteiger charge is -2.36. The standard InChI is InChI=1S/C18H27N3O3/c1-12(8-17(22)23)14-9-16(19)18(20-10-14)21(11-13-2-3-13)15-4-6-24-7-5-15/h9-10,12-13,15H,2-8,11,19H2,1H3,(H,22,23). The average Bonchev–Trinajstić information content (AvgIpc) is 3.37. The molecular formula is C18H27N3O3. The summed E-state index contributed by atoms with van der Waals surface area (Å²) in [5, 5.41) is 8.96. The Morgan fingerprint density at radius 1 is 1.42 bits per heavy atom. The summed E-state index contributed by atoms with van der Waals surface area (Å²) in [6.45, 7) is 4.48. The molecule has 3 rings (SSSR count). The third kappa shape index (κ3) is 4.17. The first-order valence-corrected chi connectivity index (χ1v) is 8.86. The van der Waals surface area contributed by atoms with E-state index in [1.807, 2.05) is 13.0 Å². The van der Waals surface area contributed by atoms with Crippen molar-refractivity contribution in [3.63, 3.8) is 0 Å². The minimum atomic E-state index is -0.803. The average molecular weight is 333 g/mol. The summed E-state index contributed by atoms with van der Waals surface area (Å²) in [7, 11) is 0. The van der Waals surface area contributed by atoms with Gasteiger partial charge in [-0.15, -0.1) is 0 Å². The van der Waals surface area contributed by atoms with Crippen molar-refractivity contribution >= 4 is 17.5 Å². The van der Waals surface area contributed by atoms with Crippen molar-refractivity contribution in [2.24, 2.45) is 5.92 Å². The van der Waals surface area contributed by atoms with E-state index in [0.29, 0.717) is 11.7 Å². The summed E-state index contributed by atoms with van der Waals surface area (Å²) in [6.07, 6.45) is 6.46. The zero-order valence-corrected chi connectivity index (χ0v) is 14.3. The summed E-state index contributed by atoms with van der Waals surface area (Å²) in [5.74, 6) is 0.703. The van der Waals surface area contributed by atoms with Crippen LogP contribution in [0.1, 0.15) is 50.5 Å². The lowest BCUT2D eigenvalue weighted by atomic mass is 9.99. The number of nitrogens with two attached hydrogens (primary N) is 1. The zero-order valence-electron chi connectivity index (χ0n) is 14.3. The first kappa shape index (κ1) is 17.0. The predicted octanol–water partition coefficient (Wildman–Crippen LogP) is 2.64. The SMILES string of the molecule is CC(CC(=O)O)c1cnc(N(CC2CC2)C2CCOCC2)c(N)c1. The minimum absolute atomic E-state index is 0.0895. The van der Waals surface area contributed by atoms with Crippen LogP contribution < -0.4 is 10.6 Å². The number of nitrogens with zero attached hydrogens (tertiary/aromatic N) is 2. The van der Waals surface area contributed by atoms with E-state index in [4.69, 9.17) is 15.6 Å². The maximum absolute atomic E-state index is 10.9. The van der Waals surface area contributed by atoms with E-state index in [0.717, 1.165) is 49.9 Å². The quantitative estimate of drug-likeness (QED) is 0.797. The highest BCUT2D eigenvalue weighted by atomic mass is 16.5. The van der Waals surface area contributed by atoms with Crippen LogP contribution in [0, 0.1) is 5.92 Å². The van der Waals surface area contributed by atoms with Gasteiger partial charge in [0, 0.05) is 32.0 Å². The Balaban J connectivity index is 1.80. The largest absolute Gasteiger partial charge is 0.481 e. The lowest BCUT2D eigenvalue weighted by molar-refractivity contribution is -0.137. The van der Waals surface area contributed by atoms with Gasteiger partial charge in [0.05, 0.1) is 12.1 Å². The third-order valence-electron chi connectivity index (χ3n) is 5.02. The molecule has 0 aromatic carbocycles. The Labute approximate surface area is 143 Å². The van der Waals surface area contributed by atoms with Crippen LogP contribution in [0.25, 0.3) is 0 Å². The Bertz CT molecular complexity index is 583. The Kier molecular flexibility index (Phi) is 5.23. The van der Waals surface area contributed by atoms with E-state index in [2.05, 4.69) is 9.88 Å². The molecule has 24 heavy (non-hydrogen) atoms. The van der Waals surface area contributed by atoms with Crippen LogP contribution in [-0.4, -0.2) is 41.9 Å². The number of pyridine rings is 1. The molecule has 1 aromatic rings. The molecule has 1 aromatic heterocycles. The fourth-order valence-corrected chi connectivity index (χ4v) is 3.36. The number of rotatable bonds is 7. The highest BCUT2D eigenvalue weighted by molar-refractivity contribution is 5.69. The number of aliphatic carboxylic acids is 1. The smallest absolute Gasteiger partial charge is 0.303 e. The van der Waals surface area contributed by atoms with Gasteiger partial charge in [-0.2, -0.15) is 0 Å². The van der Waals surface area contributed by atoms with Crippen molar-refractivity contribution in [2.75, 3.05) is 30.4 Å². The van der Waals surface area contributed by atoms with Gasteiger partial charge in [0.1, 0.15) is 0 Å². The number of hydrogen-bond acceptors (Lipinski definition) is 5.